The molecule has 0 radical (unpaired) electrons. The number of aromatic nitrogens is 2. The molecule has 5 heteroatoms. The number of ether oxygens (including phenoxy) is 3. The molecule has 26 heavy (non-hydrogen) atoms. The monoisotopic (exact) mass is 356 g/mol. The van der Waals surface area contributed by atoms with E-state index in [1.54, 1.807) is 7.11 Å². The smallest absolute Gasteiger partial charge is 0.150 e. The minimum absolute atomic E-state index is 0.0214. The van der Waals surface area contributed by atoms with Gasteiger partial charge in [-0.1, -0.05) is 31.4 Å². The molecule has 5 nitrogen and oxygen atoms in total. The SMILES string of the molecule is COC1COC[C@@H]1Oc1ccccc1-c1ccn(CC2CCCCC2)n1. The van der Waals surface area contributed by atoms with Gasteiger partial charge in [0.1, 0.15) is 11.9 Å². The zero-order valence-corrected chi connectivity index (χ0v) is 15.5. The van der Waals surface area contributed by atoms with E-state index < -0.39 is 0 Å². The summed E-state index contributed by atoms with van der Waals surface area (Å²) < 4.78 is 19.3. The van der Waals surface area contributed by atoms with Crippen LogP contribution in [0, 0.1) is 5.92 Å². The summed E-state index contributed by atoms with van der Waals surface area (Å²) in [4.78, 5) is 0. The van der Waals surface area contributed by atoms with Crippen molar-refractivity contribution >= 4 is 0 Å². The highest BCUT2D eigenvalue weighted by Gasteiger charge is 2.30. The number of methoxy groups -OCH3 is 1. The standard InChI is InChI=1S/C21H28N2O3/c1-24-20-14-25-15-21(20)26-19-10-6-5-9-17(19)18-11-12-23(22-18)13-16-7-3-2-4-8-16/h5-6,9-12,16,20-21H,2-4,7-8,13-15H2,1H3/t20?,21-/m0/s1. The summed E-state index contributed by atoms with van der Waals surface area (Å²) in [7, 11) is 1.70. The topological polar surface area (TPSA) is 45.5 Å². The van der Waals surface area contributed by atoms with Gasteiger partial charge in [0, 0.05) is 25.4 Å². The van der Waals surface area contributed by atoms with E-state index in [4.69, 9.17) is 19.3 Å². The number of rotatable bonds is 6. The van der Waals surface area contributed by atoms with Crippen LogP contribution in [0.3, 0.4) is 0 Å². The molecule has 1 saturated carbocycles. The van der Waals surface area contributed by atoms with Crippen LogP contribution in [0.25, 0.3) is 11.3 Å². The number of benzene rings is 1. The Labute approximate surface area is 155 Å². The summed E-state index contributed by atoms with van der Waals surface area (Å²) in [6, 6.07) is 10.2. The molecule has 1 aromatic carbocycles. The van der Waals surface area contributed by atoms with Gasteiger partial charge in [0.25, 0.3) is 0 Å². The zero-order valence-electron chi connectivity index (χ0n) is 15.5. The van der Waals surface area contributed by atoms with Crippen LogP contribution >= 0.6 is 0 Å². The van der Waals surface area contributed by atoms with Crippen molar-refractivity contribution in [3.8, 4) is 17.0 Å². The number of hydrogen-bond acceptors (Lipinski definition) is 4. The van der Waals surface area contributed by atoms with Gasteiger partial charge in [0.05, 0.1) is 18.9 Å². The molecule has 1 unspecified atom stereocenters. The molecule has 0 amide bonds. The van der Waals surface area contributed by atoms with Crippen LogP contribution in [0.5, 0.6) is 5.75 Å². The van der Waals surface area contributed by atoms with E-state index in [9.17, 15) is 0 Å². The Bertz CT molecular complexity index is 709. The predicted octanol–water partition coefficient (Wildman–Crippen LogP) is 3.92. The highest BCUT2D eigenvalue weighted by molar-refractivity contribution is 5.66. The highest BCUT2D eigenvalue weighted by atomic mass is 16.6. The van der Waals surface area contributed by atoms with E-state index >= 15 is 0 Å². The molecule has 2 atom stereocenters. The van der Waals surface area contributed by atoms with Crippen molar-refractivity contribution in [2.75, 3.05) is 20.3 Å². The lowest BCUT2D eigenvalue weighted by molar-refractivity contribution is 0.0328. The second-order valence-electron chi connectivity index (χ2n) is 7.39. The maximum Gasteiger partial charge on any atom is 0.150 e. The first-order valence-electron chi connectivity index (χ1n) is 9.73. The molecule has 0 spiro atoms. The van der Waals surface area contributed by atoms with Crippen molar-refractivity contribution in [3.05, 3.63) is 36.5 Å². The Morgan fingerprint density at radius 1 is 1.08 bits per heavy atom. The molecular formula is C21H28N2O3. The third kappa shape index (κ3) is 3.94. The average molecular weight is 356 g/mol. The normalized spacial score (nSPS) is 24.0. The first-order valence-corrected chi connectivity index (χ1v) is 9.73. The quantitative estimate of drug-likeness (QED) is 0.787. The van der Waals surface area contributed by atoms with E-state index in [1.165, 1.54) is 32.1 Å². The van der Waals surface area contributed by atoms with Gasteiger partial charge in [0.15, 0.2) is 6.10 Å². The molecule has 2 aromatic rings. The predicted molar refractivity (Wildman–Crippen MR) is 100 cm³/mol. The van der Waals surface area contributed by atoms with E-state index in [0.717, 1.165) is 29.5 Å². The lowest BCUT2D eigenvalue weighted by atomic mass is 9.89. The van der Waals surface area contributed by atoms with Crippen molar-refractivity contribution in [3.63, 3.8) is 0 Å². The lowest BCUT2D eigenvalue weighted by Gasteiger charge is -2.21. The van der Waals surface area contributed by atoms with Crippen LogP contribution in [-0.4, -0.2) is 42.3 Å². The average Bonchev–Trinajstić information content (AvgIpc) is 3.32. The van der Waals surface area contributed by atoms with E-state index in [2.05, 4.69) is 23.0 Å². The Balaban J connectivity index is 1.49. The van der Waals surface area contributed by atoms with Crippen molar-refractivity contribution in [2.24, 2.45) is 5.92 Å². The van der Waals surface area contributed by atoms with Crippen molar-refractivity contribution in [1.82, 2.24) is 9.78 Å². The van der Waals surface area contributed by atoms with Crippen LogP contribution in [0.1, 0.15) is 32.1 Å². The van der Waals surface area contributed by atoms with E-state index in [0.29, 0.717) is 13.2 Å². The van der Waals surface area contributed by atoms with E-state index in [1.807, 2.05) is 18.2 Å². The Kier molecular flexibility index (Phi) is 5.56. The molecule has 2 heterocycles. The fraction of sp³-hybridized carbons (Fsp3) is 0.571. The van der Waals surface area contributed by atoms with Crippen molar-refractivity contribution in [2.45, 2.75) is 50.9 Å². The van der Waals surface area contributed by atoms with Crippen LogP contribution in [-0.2, 0) is 16.0 Å². The maximum absolute atomic E-state index is 6.22. The van der Waals surface area contributed by atoms with Crippen molar-refractivity contribution in [1.29, 1.82) is 0 Å². The summed E-state index contributed by atoms with van der Waals surface area (Å²) in [6.45, 7) is 2.16. The second-order valence-corrected chi connectivity index (χ2v) is 7.39. The largest absolute Gasteiger partial charge is 0.484 e. The van der Waals surface area contributed by atoms with Gasteiger partial charge in [-0.3, -0.25) is 4.68 Å². The van der Waals surface area contributed by atoms with Gasteiger partial charge in [-0.25, -0.2) is 0 Å². The molecule has 1 aromatic heterocycles. The van der Waals surface area contributed by atoms with Gasteiger partial charge in [-0.05, 0) is 37.0 Å². The third-order valence-corrected chi connectivity index (χ3v) is 5.53. The molecule has 0 bridgehead atoms. The Morgan fingerprint density at radius 2 is 1.88 bits per heavy atom. The Morgan fingerprint density at radius 3 is 2.73 bits per heavy atom. The molecule has 1 aliphatic carbocycles. The summed E-state index contributed by atoms with van der Waals surface area (Å²) >= 11 is 0. The van der Waals surface area contributed by atoms with Crippen LogP contribution in [0.15, 0.2) is 36.5 Å². The Hall–Kier alpha value is -1.85. The van der Waals surface area contributed by atoms with Gasteiger partial charge in [-0.15, -0.1) is 0 Å². The molecule has 1 aliphatic heterocycles. The van der Waals surface area contributed by atoms with E-state index in [-0.39, 0.29) is 12.2 Å². The minimum Gasteiger partial charge on any atom is -0.484 e. The first kappa shape index (κ1) is 17.6. The van der Waals surface area contributed by atoms with Crippen LogP contribution in [0.4, 0.5) is 0 Å². The highest BCUT2D eigenvalue weighted by Crippen LogP contribution is 2.31. The number of hydrogen-bond donors (Lipinski definition) is 0. The van der Waals surface area contributed by atoms with Crippen LogP contribution in [0.2, 0.25) is 0 Å². The molecule has 2 fully saturated rings. The number of nitrogens with zero attached hydrogens (tertiary/aromatic N) is 2. The molecule has 4 rings (SSSR count). The minimum atomic E-state index is -0.0783. The van der Waals surface area contributed by atoms with Gasteiger partial charge < -0.3 is 14.2 Å². The fourth-order valence-corrected chi connectivity index (χ4v) is 4.03. The molecule has 2 aliphatic rings. The summed E-state index contributed by atoms with van der Waals surface area (Å²) in [6.07, 6.45) is 8.76. The van der Waals surface area contributed by atoms with Gasteiger partial charge in [0.2, 0.25) is 0 Å². The molecule has 0 N–H and O–H groups in total. The zero-order chi connectivity index (χ0) is 17.8. The number of para-hydroxylation sites is 1. The molecular weight excluding hydrogens is 328 g/mol. The fourth-order valence-electron chi connectivity index (χ4n) is 4.03. The second kappa shape index (κ2) is 8.23. The first-order chi connectivity index (χ1) is 12.8. The summed E-state index contributed by atoms with van der Waals surface area (Å²) in [5.41, 5.74) is 1.99. The lowest BCUT2D eigenvalue weighted by Crippen LogP contribution is -2.31. The molecule has 140 valence electrons. The van der Waals surface area contributed by atoms with Gasteiger partial charge >= 0.3 is 0 Å². The summed E-state index contributed by atoms with van der Waals surface area (Å²) in [5.74, 6) is 1.61. The summed E-state index contributed by atoms with van der Waals surface area (Å²) in [5, 5.41) is 4.82. The van der Waals surface area contributed by atoms with Crippen LogP contribution < -0.4 is 4.74 Å². The third-order valence-electron chi connectivity index (χ3n) is 5.53. The molecule has 1 saturated heterocycles. The van der Waals surface area contributed by atoms with Gasteiger partial charge in [-0.2, -0.15) is 5.10 Å². The maximum atomic E-state index is 6.22. The van der Waals surface area contributed by atoms with Crippen molar-refractivity contribution < 1.29 is 14.2 Å².